The summed E-state index contributed by atoms with van der Waals surface area (Å²) in [6.07, 6.45) is 4.20. The number of pyridine rings is 1. The maximum absolute atomic E-state index is 15.7. The van der Waals surface area contributed by atoms with E-state index in [1.54, 1.807) is 55.7 Å². The number of nitrogens with zero attached hydrogens (tertiary/aromatic N) is 6. The molecule has 0 spiro atoms. The fraction of sp³-hybridized carbons (Fsp3) is 0.455. The van der Waals surface area contributed by atoms with E-state index < -0.39 is 35.1 Å². The molecule has 16 heteroatoms. The van der Waals surface area contributed by atoms with E-state index in [2.05, 4.69) is 20.7 Å². The van der Waals surface area contributed by atoms with Gasteiger partial charge in [0.05, 0.1) is 29.3 Å². The summed E-state index contributed by atoms with van der Waals surface area (Å²) in [5.74, 6) is -3.04. The van der Waals surface area contributed by atoms with Gasteiger partial charge in [-0.05, 0) is 57.4 Å². The third kappa shape index (κ3) is 8.36. The number of aryl methyl sites for hydroxylation is 1. The van der Waals surface area contributed by atoms with Crippen molar-refractivity contribution in [2.24, 2.45) is 12.8 Å². The first-order chi connectivity index (χ1) is 23.2. The molecule has 1 saturated heterocycles. The van der Waals surface area contributed by atoms with E-state index in [4.69, 9.17) is 15.6 Å². The zero-order chi connectivity index (χ0) is 35.5. The molecule has 0 aliphatic carbocycles. The number of rotatable bonds is 11. The molecule has 1 aliphatic heterocycles. The number of primary amides is 1. The lowest BCUT2D eigenvalue weighted by Gasteiger charge is -2.31. The van der Waals surface area contributed by atoms with Crippen molar-refractivity contribution in [2.75, 3.05) is 26.2 Å². The molecule has 260 valence electrons. The van der Waals surface area contributed by atoms with E-state index >= 15 is 4.39 Å². The molecule has 0 atom stereocenters. The van der Waals surface area contributed by atoms with Crippen LogP contribution in [0.5, 0.6) is 0 Å². The first kappa shape index (κ1) is 34.9. The van der Waals surface area contributed by atoms with Gasteiger partial charge in [0, 0.05) is 56.0 Å². The Hall–Kier alpha value is -5.41. The van der Waals surface area contributed by atoms with Crippen molar-refractivity contribution in [1.29, 1.82) is 0 Å². The number of hydrogen-bond acceptors (Lipinski definition) is 9. The van der Waals surface area contributed by atoms with Crippen LogP contribution in [0.1, 0.15) is 58.1 Å². The summed E-state index contributed by atoms with van der Waals surface area (Å²) in [4.78, 5) is 67.3. The number of piperidine rings is 1. The normalized spacial score (nSPS) is 13.9. The van der Waals surface area contributed by atoms with Crippen LogP contribution in [0, 0.1) is 5.82 Å². The number of likely N-dealkylation sites (tertiary alicyclic amines) is 1. The summed E-state index contributed by atoms with van der Waals surface area (Å²) in [5.41, 5.74) is 7.04. The molecule has 4 amide bonds. The number of aromatic nitrogens is 5. The Kier molecular flexibility index (Phi) is 10.2. The summed E-state index contributed by atoms with van der Waals surface area (Å²) in [7, 11) is 1.77. The van der Waals surface area contributed by atoms with Crippen LogP contribution in [0.2, 0.25) is 0 Å². The molecule has 5 rings (SSSR count). The van der Waals surface area contributed by atoms with E-state index in [1.165, 1.54) is 16.9 Å². The summed E-state index contributed by atoms with van der Waals surface area (Å²) < 4.78 is 23.9. The summed E-state index contributed by atoms with van der Waals surface area (Å²) >= 11 is 0. The molecule has 0 saturated carbocycles. The first-order valence-corrected chi connectivity index (χ1v) is 16.0. The Balaban J connectivity index is 1.40. The largest absolute Gasteiger partial charge is 0.459 e. The van der Waals surface area contributed by atoms with Crippen molar-refractivity contribution >= 4 is 51.5 Å². The third-order valence-corrected chi connectivity index (χ3v) is 8.19. The minimum absolute atomic E-state index is 0.0249. The average Bonchev–Trinajstić information content (AvgIpc) is 3.60. The number of halogens is 1. The summed E-state index contributed by atoms with van der Waals surface area (Å²) in [6, 6.07) is 4.84. The van der Waals surface area contributed by atoms with Gasteiger partial charge in [0.15, 0.2) is 5.65 Å². The molecular formula is C33H40FN9O6. The number of benzene rings is 1. The molecule has 49 heavy (non-hydrogen) atoms. The number of nitrogens with two attached hydrogens (primary N) is 1. The van der Waals surface area contributed by atoms with Gasteiger partial charge in [-0.25, -0.2) is 14.1 Å². The van der Waals surface area contributed by atoms with Gasteiger partial charge in [-0.15, -0.1) is 0 Å². The standard InChI is InChI=1S/C33H40FN9O6/c1-33(2,3)49-29(48)17-38-26(45)16-37-27(46)18-43-32-30(31(40-43)19-8-11-42(12-9-19)28(47)6-5-25(35)44)21(7-10-36-32)22-14-24-20(13-23(22)34)15-39-41(24)4/h7,10,13-15,19H,5-6,8-9,11-12,16-18H2,1-4H3,(H2,35,44)(H,37,46)(H,38,45). The third-order valence-electron chi connectivity index (χ3n) is 8.19. The highest BCUT2D eigenvalue weighted by atomic mass is 19.1. The second-order valence-electron chi connectivity index (χ2n) is 13.0. The van der Waals surface area contributed by atoms with Gasteiger partial charge < -0.3 is 26.0 Å². The van der Waals surface area contributed by atoms with Crippen LogP contribution < -0.4 is 16.4 Å². The van der Waals surface area contributed by atoms with E-state index in [0.717, 1.165) is 5.52 Å². The van der Waals surface area contributed by atoms with Gasteiger partial charge in [-0.2, -0.15) is 10.2 Å². The quantitative estimate of drug-likeness (QED) is 0.198. The van der Waals surface area contributed by atoms with Gasteiger partial charge >= 0.3 is 5.97 Å². The van der Waals surface area contributed by atoms with E-state index in [0.29, 0.717) is 59.2 Å². The summed E-state index contributed by atoms with van der Waals surface area (Å²) in [6.45, 7) is 4.95. The molecule has 4 N–H and O–H groups in total. The fourth-order valence-electron chi connectivity index (χ4n) is 5.90. The topological polar surface area (TPSA) is 196 Å². The first-order valence-electron chi connectivity index (χ1n) is 16.0. The SMILES string of the molecule is Cn1ncc2cc(F)c(-c3ccnc4c3c(C3CCN(C(=O)CCC(N)=O)CC3)nn4CC(=O)NCC(=O)NCC(=O)OC(C)(C)C)cc21. The molecule has 1 aromatic carbocycles. The minimum atomic E-state index is -0.701. The molecule has 3 aromatic heterocycles. The van der Waals surface area contributed by atoms with Crippen molar-refractivity contribution in [2.45, 2.75) is 64.5 Å². The second kappa shape index (κ2) is 14.4. The lowest BCUT2D eigenvalue weighted by Crippen LogP contribution is -2.41. The monoisotopic (exact) mass is 677 g/mol. The molecule has 1 aliphatic rings. The highest BCUT2D eigenvalue weighted by Gasteiger charge is 2.30. The van der Waals surface area contributed by atoms with E-state index in [9.17, 15) is 24.0 Å². The van der Waals surface area contributed by atoms with Crippen LogP contribution in [-0.4, -0.2) is 90.8 Å². The molecule has 0 bridgehead atoms. The van der Waals surface area contributed by atoms with Crippen molar-refractivity contribution in [3.8, 4) is 11.1 Å². The highest BCUT2D eigenvalue weighted by Crippen LogP contribution is 2.39. The molecule has 1 fully saturated rings. The Morgan fingerprint density at radius 2 is 1.73 bits per heavy atom. The lowest BCUT2D eigenvalue weighted by atomic mass is 9.89. The van der Waals surface area contributed by atoms with Crippen LogP contribution in [0.4, 0.5) is 4.39 Å². The predicted molar refractivity (Wildman–Crippen MR) is 176 cm³/mol. The average molecular weight is 678 g/mol. The van der Waals surface area contributed by atoms with E-state index in [1.807, 2.05) is 0 Å². The minimum Gasteiger partial charge on any atom is -0.459 e. The molecular weight excluding hydrogens is 637 g/mol. The highest BCUT2D eigenvalue weighted by molar-refractivity contribution is 5.98. The number of carbonyl (C=O) groups excluding carboxylic acids is 5. The zero-order valence-corrected chi connectivity index (χ0v) is 27.9. The van der Waals surface area contributed by atoms with Crippen LogP contribution in [0.25, 0.3) is 33.1 Å². The molecule has 0 radical (unpaired) electrons. The number of fused-ring (bicyclic) bond motifs is 2. The lowest BCUT2D eigenvalue weighted by molar-refractivity contribution is -0.154. The van der Waals surface area contributed by atoms with Crippen LogP contribution in [-0.2, 0) is 42.3 Å². The number of esters is 1. The Morgan fingerprint density at radius 1 is 1.02 bits per heavy atom. The maximum Gasteiger partial charge on any atom is 0.325 e. The van der Waals surface area contributed by atoms with E-state index in [-0.39, 0.29) is 44.3 Å². The number of amides is 4. The predicted octanol–water partition coefficient (Wildman–Crippen LogP) is 1.67. The van der Waals surface area contributed by atoms with Crippen LogP contribution >= 0.6 is 0 Å². The number of hydrogen-bond donors (Lipinski definition) is 3. The molecule has 0 unspecified atom stereocenters. The van der Waals surface area contributed by atoms with Gasteiger partial charge in [-0.1, -0.05) is 0 Å². The smallest absolute Gasteiger partial charge is 0.325 e. The van der Waals surface area contributed by atoms with Crippen LogP contribution in [0.15, 0.2) is 30.6 Å². The Bertz CT molecular complexity index is 1920. The fourth-order valence-corrected chi connectivity index (χ4v) is 5.90. The van der Waals surface area contributed by atoms with Crippen LogP contribution in [0.3, 0.4) is 0 Å². The van der Waals surface area contributed by atoms with Gasteiger partial charge in [0.1, 0.15) is 24.5 Å². The second-order valence-corrected chi connectivity index (χ2v) is 13.0. The van der Waals surface area contributed by atoms with Crippen molar-refractivity contribution < 1.29 is 33.1 Å². The zero-order valence-electron chi connectivity index (χ0n) is 27.9. The Morgan fingerprint density at radius 3 is 2.43 bits per heavy atom. The van der Waals surface area contributed by atoms with Gasteiger partial charge in [0.25, 0.3) is 0 Å². The van der Waals surface area contributed by atoms with Gasteiger partial charge in [0.2, 0.25) is 23.6 Å². The molecule has 4 aromatic rings. The number of ether oxygens (including phenoxy) is 1. The number of carbonyl (C=O) groups is 5. The van der Waals surface area contributed by atoms with Crippen molar-refractivity contribution in [1.82, 2.24) is 40.1 Å². The van der Waals surface area contributed by atoms with Gasteiger partial charge in [-0.3, -0.25) is 28.7 Å². The van der Waals surface area contributed by atoms with Crippen molar-refractivity contribution in [3.63, 3.8) is 0 Å². The molecule has 15 nitrogen and oxygen atoms in total. The molecule has 4 heterocycles. The summed E-state index contributed by atoms with van der Waals surface area (Å²) in [5, 5.41) is 15.2. The number of nitrogens with one attached hydrogen (secondary N) is 2. The maximum atomic E-state index is 15.7. The van der Waals surface area contributed by atoms with Crippen molar-refractivity contribution in [3.05, 3.63) is 42.1 Å². The Labute approximate surface area is 281 Å².